The first-order valence-corrected chi connectivity index (χ1v) is 7.84. The summed E-state index contributed by atoms with van der Waals surface area (Å²) in [6.07, 6.45) is 4.12. The molecule has 0 aromatic rings. The van der Waals surface area contributed by atoms with Crippen molar-refractivity contribution in [3.8, 4) is 0 Å². The van der Waals surface area contributed by atoms with Crippen molar-refractivity contribution in [2.24, 2.45) is 0 Å². The molecule has 0 aromatic carbocycles. The van der Waals surface area contributed by atoms with Crippen molar-refractivity contribution in [1.29, 1.82) is 0 Å². The summed E-state index contributed by atoms with van der Waals surface area (Å²) in [5.74, 6) is 1.35. The maximum atomic E-state index is 3.63. The van der Waals surface area contributed by atoms with Crippen molar-refractivity contribution >= 4 is 11.8 Å². The molecule has 1 N–H and O–H groups in total. The van der Waals surface area contributed by atoms with Crippen LogP contribution >= 0.6 is 11.8 Å². The Labute approximate surface area is 105 Å². The fraction of sp³-hybridized carbons (Fsp3) is 1.00. The predicted molar refractivity (Wildman–Crippen MR) is 73.2 cm³/mol. The van der Waals surface area contributed by atoms with Crippen LogP contribution in [0.25, 0.3) is 0 Å². The van der Waals surface area contributed by atoms with E-state index in [1.54, 1.807) is 0 Å². The first kappa shape index (κ1) is 12.7. The predicted octanol–water partition coefficient (Wildman–Crippen LogP) is 2.34. The lowest BCUT2D eigenvalue weighted by atomic mass is 10.1. The number of rotatable bonds is 4. The van der Waals surface area contributed by atoms with E-state index in [2.05, 4.69) is 42.7 Å². The van der Waals surface area contributed by atoms with Crippen LogP contribution in [0.1, 0.15) is 40.0 Å². The molecule has 94 valence electrons. The molecule has 2 nitrogen and oxygen atoms in total. The van der Waals surface area contributed by atoms with E-state index in [0.29, 0.717) is 6.04 Å². The van der Waals surface area contributed by atoms with E-state index in [0.717, 1.165) is 17.3 Å². The Morgan fingerprint density at radius 1 is 1.38 bits per heavy atom. The Bertz CT molecular complexity index is 214. The minimum Gasteiger partial charge on any atom is -0.313 e. The standard InChI is InChI=1S/C13H26N2S/c1-10(2)15(9-12-5-4-7-14-12)13-6-8-16-11(13)3/h10-14H,4-9H2,1-3H3. The van der Waals surface area contributed by atoms with Crippen LogP contribution in [-0.2, 0) is 0 Å². The van der Waals surface area contributed by atoms with Gasteiger partial charge in [-0.15, -0.1) is 0 Å². The van der Waals surface area contributed by atoms with E-state index < -0.39 is 0 Å². The number of nitrogens with one attached hydrogen (secondary N) is 1. The largest absolute Gasteiger partial charge is 0.313 e. The Morgan fingerprint density at radius 3 is 2.69 bits per heavy atom. The number of hydrogen-bond acceptors (Lipinski definition) is 3. The summed E-state index contributed by atoms with van der Waals surface area (Å²) in [7, 11) is 0. The van der Waals surface area contributed by atoms with E-state index in [-0.39, 0.29) is 0 Å². The lowest BCUT2D eigenvalue weighted by Gasteiger charge is -2.36. The minimum atomic E-state index is 0.688. The Hall–Kier alpha value is 0.270. The van der Waals surface area contributed by atoms with Gasteiger partial charge in [0, 0.05) is 29.9 Å². The molecule has 0 bridgehead atoms. The van der Waals surface area contributed by atoms with E-state index in [4.69, 9.17) is 0 Å². The average Bonchev–Trinajstić information content (AvgIpc) is 2.85. The molecule has 0 spiro atoms. The highest BCUT2D eigenvalue weighted by atomic mass is 32.2. The smallest absolute Gasteiger partial charge is 0.0223 e. The van der Waals surface area contributed by atoms with Gasteiger partial charge >= 0.3 is 0 Å². The van der Waals surface area contributed by atoms with Crippen LogP contribution in [0.15, 0.2) is 0 Å². The van der Waals surface area contributed by atoms with Gasteiger partial charge in [-0.3, -0.25) is 4.90 Å². The second-order valence-electron chi connectivity index (χ2n) is 5.52. The third-order valence-corrected chi connectivity index (χ3v) is 5.33. The normalized spacial score (nSPS) is 35.4. The van der Waals surface area contributed by atoms with Crippen molar-refractivity contribution in [3.63, 3.8) is 0 Å². The van der Waals surface area contributed by atoms with Crippen molar-refractivity contribution < 1.29 is 0 Å². The van der Waals surface area contributed by atoms with Gasteiger partial charge in [0.25, 0.3) is 0 Å². The van der Waals surface area contributed by atoms with Crippen LogP contribution in [0.3, 0.4) is 0 Å². The third-order valence-electron chi connectivity index (χ3n) is 4.02. The quantitative estimate of drug-likeness (QED) is 0.814. The van der Waals surface area contributed by atoms with Gasteiger partial charge in [0.2, 0.25) is 0 Å². The molecule has 16 heavy (non-hydrogen) atoms. The molecule has 0 radical (unpaired) electrons. The molecule has 2 aliphatic rings. The molecule has 0 aliphatic carbocycles. The topological polar surface area (TPSA) is 15.3 Å². The van der Waals surface area contributed by atoms with Gasteiger partial charge in [-0.25, -0.2) is 0 Å². The summed E-state index contributed by atoms with van der Waals surface area (Å²) < 4.78 is 0. The molecule has 0 aromatic heterocycles. The van der Waals surface area contributed by atoms with Crippen LogP contribution in [-0.4, -0.2) is 47.1 Å². The molecule has 2 heterocycles. The molecule has 0 amide bonds. The summed E-state index contributed by atoms with van der Waals surface area (Å²) in [6, 6.07) is 2.25. The molecule has 2 saturated heterocycles. The van der Waals surface area contributed by atoms with Gasteiger partial charge in [-0.2, -0.15) is 11.8 Å². The van der Waals surface area contributed by atoms with Crippen molar-refractivity contribution in [3.05, 3.63) is 0 Å². The first-order valence-electron chi connectivity index (χ1n) is 6.79. The lowest BCUT2D eigenvalue weighted by molar-refractivity contribution is 0.140. The van der Waals surface area contributed by atoms with Gasteiger partial charge in [0.1, 0.15) is 0 Å². The van der Waals surface area contributed by atoms with Crippen LogP contribution in [0.2, 0.25) is 0 Å². The van der Waals surface area contributed by atoms with Gasteiger partial charge in [-0.1, -0.05) is 6.92 Å². The Morgan fingerprint density at radius 2 is 2.19 bits per heavy atom. The Balaban J connectivity index is 1.93. The maximum absolute atomic E-state index is 3.63. The van der Waals surface area contributed by atoms with E-state index in [1.165, 1.54) is 38.1 Å². The summed E-state index contributed by atoms with van der Waals surface area (Å²) in [6.45, 7) is 9.59. The molecule has 2 fully saturated rings. The second-order valence-corrected chi connectivity index (χ2v) is 7.00. The summed E-state index contributed by atoms with van der Waals surface area (Å²) >= 11 is 2.15. The van der Waals surface area contributed by atoms with Gasteiger partial charge < -0.3 is 5.32 Å². The molecular formula is C13H26N2S. The highest BCUT2D eigenvalue weighted by Crippen LogP contribution is 2.31. The molecular weight excluding hydrogens is 216 g/mol. The molecule has 3 unspecified atom stereocenters. The van der Waals surface area contributed by atoms with Crippen LogP contribution in [0, 0.1) is 0 Å². The fourth-order valence-electron chi connectivity index (χ4n) is 3.05. The van der Waals surface area contributed by atoms with Gasteiger partial charge in [-0.05, 0) is 45.4 Å². The molecule has 3 heteroatoms. The van der Waals surface area contributed by atoms with E-state index >= 15 is 0 Å². The molecule has 2 aliphatic heterocycles. The monoisotopic (exact) mass is 242 g/mol. The van der Waals surface area contributed by atoms with E-state index in [9.17, 15) is 0 Å². The maximum Gasteiger partial charge on any atom is 0.0223 e. The summed E-state index contributed by atoms with van der Waals surface area (Å²) in [5, 5.41) is 4.45. The lowest BCUT2D eigenvalue weighted by Crippen LogP contribution is -2.48. The zero-order chi connectivity index (χ0) is 11.5. The second kappa shape index (κ2) is 5.74. The third kappa shape index (κ3) is 2.93. The summed E-state index contributed by atoms with van der Waals surface area (Å²) in [5.41, 5.74) is 0. The van der Waals surface area contributed by atoms with Crippen LogP contribution in [0.5, 0.6) is 0 Å². The van der Waals surface area contributed by atoms with Crippen LogP contribution < -0.4 is 5.32 Å². The zero-order valence-electron chi connectivity index (χ0n) is 10.9. The van der Waals surface area contributed by atoms with Crippen molar-refractivity contribution in [2.45, 2.75) is 63.4 Å². The van der Waals surface area contributed by atoms with Gasteiger partial charge in [0.05, 0.1) is 0 Å². The number of nitrogens with zero attached hydrogens (tertiary/aromatic N) is 1. The minimum absolute atomic E-state index is 0.688. The Kier molecular flexibility index (Phi) is 4.57. The first-order chi connectivity index (χ1) is 7.68. The SMILES string of the molecule is CC1SCCC1N(CC1CCCN1)C(C)C. The van der Waals surface area contributed by atoms with E-state index in [1.807, 2.05) is 0 Å². The summed E-state index contributed by atoms with van der Waals surface area (Å²) in [4.78, 5) is 2.74. The molecule has 3 atom stereocenters. The van der Waals surface area contributed by atoms with Crippen molar-refractivity contribution in [2.75, 3.05) is 18.8 Å². The van der Waals surface area contributed by atoms with Crippen molar-refractivity contribution in [1.82, 2.24) is 10.2 Å². The molecule has 0 saturated carbocycles. The molecule has 2 rings (SSSR count). The highest BCUT2D eigenvalue weighted by molar-refractivity contribution is 8.00. The average molecular weight is 242 g/mol. The zero-order valence-corrected chi connectivity index (χ0v) is 11.7. The van der Waals surface area contributed by atoms with Crippen LogP contribution in [0.4, 0.5) is 0 Å². The highest BCUT2D eigenvalue weighted by Gasteiger charge is 2.32. The number of thioether (sulfide) groups is 1. The van der Waals surface area contributed by atoms with Gasteiger partial charge in [0.15, 0.2) is 0 Å². The number of hydrogen-bond donors (Lipinski definition) is 1. The fourth-order valence-corrected chi connectivity index (χ4v) is 4.32.